The molecule has 0 aromatic rings. The van der Waals surface area contributed by atoms with Crippen LogP contribution in [0.3, 0.4) is 0 Å². The number of ether oxygens (including phenoxy) is 1. The van der Waals surface area contributed by atoms with E-state index in [4.69, 9.17) is 4.74 Å². The molecule has 0 radical (unpaired) electrons. The van der Waals surface area contributed by atoms with Crippen LogP contribution in [0.2, 0.25) is 0 Å². The van der Waals surface area contributed by atoms with Crippen molar-refractivity contribution in [2.45, 2.75) is 33.1 Å². The fourth-order valence-electron chi connectivity index (χ4n) is 0.736. The molecule has 0 aliphatic heterocycles. The first-order valence-electron chi connectivity index (χ1n) is 4.65. The molecule has 0 unspecified atom stereocenters. The van der Waals surface area contributed by atoms with Crippen LogP contribution in [0.4, 0.5) is 0 Å². The lowest BCUT2D eigenvalue weighted by Crippen LogP contribution is -2.26. The van der Waals surface area contributed by atoms with Crippen LogP contribution in [0.15, 0.2) is 0 Å². The summed E-state index contributed by atoms with van der Waals surface area (Å²) in [5, 5.41) is 2.75. The van der Waals surface area contributed by atoms with Crippen molar-refractivity contribution >= 4 is 5.91 Å². The predicted octanol–water partition coefficient (Wildman–Crippen LogP) is 1.33. The summed E-state index contributed by atoms with van der Waals surface area (Å²) < 4.78 is 5.25. The molecule has 0 atom stereocenters. The van der Waals surface area contributed by atoms with Crippen LogP contribution in [-0.4, -0.2) is 25.7 Å². The van der Waals surface area contributed by atoms with Crippen LogP contribution in [-0.2, 0) is 9.53 Å². The molecule has 3 heteroatoms. The van der Waals surface area contributed by atoms with Crippen LogP contribution in [0.1, 0.15) is 33.1 Å². The fraction of sp³-hybridized carbons (Fsp3) is 0.889. The van der Waals surface area contributed by atoms with Gasteiger partial charge in [0.15, 0.2) is 0 Å². The number of unbranched alkanes of at least 4 members (excludes halogenated alkanes) is 1. The third kappa shape index (κ3) is 7.54. The Hall–Kier alpha value is -0.570. The van der Waals surface area contributed by atoms with Crippen molar-refractivity contribution in [2.24, 2.45) is 0 Å². The van der Waals surface area contributed by atoms with E-state index in [1.165, 1.54) is 0 Å². The second-order valence-corrected chi connectivity index (χ2v) is 2.67. The molecule has 0 fully saturated rings. The first-order chi connectivity index (χ1) is 5.81. The van der Waals surface area contributed by atoms with E-state index in [-0.39, 0.29) is 5.91 Å². The zero-order valence-electron chi connectivity index (χ0n) is 8.06. The average molecular weight is 173 g/mol. The molecule has 0 aliphatic rings. The van der Waals surface area contributed by atoms with Crippen LogP contribution in [0.5, 0.6) is 0 Å². The Morgan fingerprint density at radius 2 is 2.08 bits per heavy atom. The number of hydrogen-bond acceptors (Lipinski definition) is 2. The topological polar surface area (TPSA) is 38.3 Å². The van der Waals surface area contributed by atoms with Gasteiger partial charge in [0.1, 0.15) is 0 Å². The Balaban J connectivity index is 2.95. The van der Waals surface area contributed by atoms with Crippen molar-refractivity contribution in [3.8, 4) is 0 Å². The van der Waals surface area contributed by atoms with E-state index in [0.717, 1.165) is 19.4 Å². The molecule has 0 aliphatic carbocycles. The first-order valence-corrected chi connectivity index (χ1v) is 4.65. The van der Waals surface area contributed by atoms with Crippen molar-refractivity contribution in [1.82, 2.24) is 5.32 Å². The van der Waals surface area contributed by atoms with Crippen molar-refractivity contribution in [3.63, 3.8) is 0 Å². The van der Waals surface area contributed by atoms with Crippen molar-refractivity contribution in [2.75, 3.05) is 19.8 Å². The molecular weight excluding hydrogens is 154 g/mol. The maximum atomic E-state index is 10.7. The standard InChI is InChI=1S/C9H19NO2/c1-3-5-7-12-8-6-10-9(11)4-2/h3-8H2,1-2H3,(H,10,11). The molecule has 1 amide bonds. The third-order valence-corrected chi connectivity index (χ3v) is 1.53. The highest BCUT2D eigenvalue weighted by Gasteiger charge is 1.94. The van der Waals surface area contributed by atoms with Gasteiger partial charge in [-0.1, -0.05) is 20.3 Å². The molecule has 3 nitrogen and oxygen atoms in total. The maximum absolute atomic E-state index is 10.7. The Labute approximate surface area is 74.5 Å². The molecule has 0 rings (SSSR count). The van der Waals surface area contributed by atoms with E-state index in [1.54, 1.807) is 0 Å². The number of hydrogen-bond donors (Lipinski definition) is 1. The number of amides is 1. The lowest BCUT2D eigenvalue weighted by molar-refractivity contribution is -0.121. The third-order valence-electron chi connectivity index (χ3n) is 1.53. The Bertz CT molecular complexity index is 115. The highest BCUT2D eigenvalue weighted by atomic mass is 16.5. The minimum Gasteiger partial charge on any atom is -0.380 e. The van der Waals surface area contributed by atoms with Gasteiger partial charge in [-0.25, -0.2) is 0 Å². The Morgan fingerprint density at radius 1 is 1.33 bits per heavy atom. The van der Waals surface area contributed by atoms with E-state index >= 15 is 0 Å². The molecule has 0 saturated heterocycles. The summed E-state index contributed by atoms with van der Waals surface area (Å²) in [5.41, 5.74) is 0. The maximum Gasteiger partial charge on any atom is 0.219 e. The molecular formula is C9H19NO2. The lowest BCUT2D eigenvalue weighted by atomic mass is 10.4. The van der Waals surface area contributed by atoms with Gasteiger partial charge in [-0.15, -0.1) is 0 Å². The highest BCUT2D eigenvalue weighted by molar-refractivity contribution is 5.75. The normalized spacial score (nSPS) is 9.83. The summed E-state index contributed by atoms with van der Waals surface area (Å²) >= 11 is 0. The average Bonchev–Trinajstić information content (AvgIpc) is 2.10. The quantitative estimate of drug-likeness (QED) is 0.590. The SMILES string of the molecule is CCCCOCCNC(=O)CC. The van der Waals surface area contributed by atoms with Crippen LogP contribution in [0, 0.1) is 0 Å². The minimum atomic E-state index is 0.0918. The zero-order valence-corrected chi connectivity index (χ0v) is 8.06. The van der Waals surface area contributed by atoms with Crippen molar-refractivity contribution in [1.29, 1.82) is 0 Å². The van der Waals surface area contributed by atoms with E-state index in [1.807, 2.05) is 6.92 Å². The summed E-state index contributed by atoms with van der Waals surface area (Å²) in [7, 11) is 0. The Kier molecular flexibility index (Phi) is 8.12. The van der Waals surface area contributed by atoms with Crippen LogP contribution >= 0.6 is 0 Å². The van der Waals surface area contributed by atoms with Gasteiger partial charge in [0.2, 0.25) is 5.91 Å². The smallest absolute Gasteiger partial charge is 0.219 e. The number of nitrogens with one attached hydrogen (secondary N) is 1. The monoisotopic (exact) mass is 173 g/mol. The summed E-state index contributed by atoms with van der Waals surface area (Å²) in [5.74, 6) is 0.0918. The van der Waals surface area contributed by atoms with E-state index in [2.05, 4.69) is 12.2 Å². The van der Waals surface area contributed by atoms with E-state index in [9.17, 15) is 4.79 Å². The number of carbonyl (C=O) groups is 1. The molecule has 0 spiro atoms. The van der Waals surface area contributed by atoms with Crippen molar-refractivity contribution < 1.29 is 9.53 Å². The largest absolute Gasteiger partial charge is 0.380 e. The highest BCUT2D eigenvalue weighted by Crippen LogP contribution is 1.86. The summed E-state index contributed by atoms with van der Waals surface area (Å²) in [4.78, 5) is 10.7. The second-order valence-electron chi connectivity index (χ2n) is 2.67. The molecule has 1 N–H and O–H groups in total. The van der Waals surface area contributed by atoms with Crippen LogP contribution in [0.25, 0.3) is 0 Å². The number of carbonyl (C=O) groups excluding carboxylic acids is 1. The van der Waals surface area contributed by atoms with E-state index in [0.29, 0.717) is 19.6 Å². The van der Waals surface area contributed by atoms with Gasteiger partial charge >= 0.3 is 0 Å². The van der Waals surface area contributed by atoms with E-state index < -0.39 is 0 Å². The summed E-state index contributed by atoms with van der Waals surface area (Å²) in [6.07, 6.45) is 2.80. The first kappa shape index (κ1) is 11.4. The summed E-state index contributed by atoms with van der Waals surface area (Å²) in [6, 6.07) is 0. The van der Waals surface area contributed by atoms with Gasteiger partial charge in [-0.3, -0.25) is 4.79 Å². The van der Waals surface area contributed by atoms with Gasteiger partial charge in [-0.2, -0.15) is 0 Å². The predicted molar refractivity (Wildman–Crippen MR) is 49.0 cm³/mol. The molecule has 0 heterocycles. The van der Waals surface area contributed by atoms with Gasteiger partial charge in [-0.05, 0) is 6.42 Å². The van der Waals surface area contributed by atoms with Crippen molar-refractivity contribution in [3.05, 3.63) is 0 Å². The minimum absolute atomic E-state index is 0.0918. The van der Waals surface area contributed by atoms with Crippen LogP contribution < -0.4 is 5.32 Å². The molecule has 0 bridgehead atoms. The van der Waals surface area contributed by atoms with Gasteiger partial charge in [0.05, 0.1) is 6.61 Å². The lowest BCUT2D eigenvalue weighted by Gasteiger charge is -2.04. The zero-order chi connectivity index (χ0) is 9.23. The van der Waals surface area contributed by atoms with Gasteiger partial charge < -0.3 is 10.1 Å². The summed E-state index contributed by atoms with van der Waals surface area (Å²) in [6.45, 7) is 6.04. The van der Waals surface area contributed by atoms with Gasteiger partial charge in [0, 0.05) is 19.6 Å². The molecule has 0 aromatic carbocycles. The molecule has 0 saturated carbocycles. The molecule has 72 valence electrons. The number of rotatable bonds is 7. The second kappa shape index (κ2) is 8.53. The molecule has 12 heavy (non-hydrogen) atoms. The fourth-order valence-corrected chi connectivity index (χ4v) is 0.736. The van der Waals surface area contributed by atoms with Gasteiger partial charge in [0.25, 0.3) is 0 Å². The Morgan fingerprint density at radius 3 is 2.67 bits per heavy atom. The molecule has 0 aromatic heterocycles.